The Morgan fingerprint density at radius 2 is 1.33 bits per heavy atom. The topological polar surface area (TPSA) is 18.5 Å². The maximum Gasteiger partial charge on any atom is 0.0721 e. The van der Waals surface area contributed by atoms with Crippen LogP contribution in [0, 0.1) is 0 Å². The molecule has 0 amide bonds. The summed E-state index contributed by atoms with van der Waals surface area (Å²) in [6.45, 7) is 4.63. The molecule has 2 rings (SSSR count). The van der Waals surface area contributed by atoms with Gasteiger partial charge < -0.3 is 9.47 Å². The van der Waals surface area contributed by atoms with Gasteiger partial charge in [-0.3, -0.25) is 0 Å². The van der Waals surface area contributed by atoms with E-state index in [2.05, 4.69) is 37.3 Å². The third-order valence-corrected chi connectivity index (χ3v) is 3.10. The van der Waals surface area contributed by atoms with E-state index < -0.39 is 0 Å². The fraction of sp³-hybridized carbons (Fsp3) is 0.263. The highest BCUT2D eigenvalue weighted by Gasteiger charge is 1.94. The second-order valence-corrected chi connectivity index (χ2v) is 5.03. The number of hydrogen-bond donors (Lipinski definition) is 0. The molecule has 0 aliphatic carbocycles. The van der Waals surface area contributed by atoms with Crippen LogP contribution in [0.5, 0.6) is 0 Å². The lowest BCUT2D eigenvalue weighted by Crippen LogP contribution is -1.99. The highest BCUT2D eigenvalue weighted by molar-refractivity contribution is 5.14. The minimum atomic E-state index is 0.620. The van der Waals surface area contributed by atoms with Gasteiger partial charge >= 0.3 is 0 Å². The van der Waals surface area contributed by atoms with E-state index in [1.165, 1.54) is 16.7 Å². The fourth-order valence-corrected chi connectivity index (χ4v) is 1.92. The van der Waals surface area contributed by atoms with E-state index >= 15 is 0 Å². The van der Waals surface area contributed by atoms with Crippen molar-refractivity contribution in [2.75, 3.05) is 13.2 Å². The van der Waals surface area contributed by atoms with Crippen LogP contribution in [-0.2, 0) is 22.7 Å². The molecule has 2 aromatic rings. The molecule has 0 N–H and O–H groups in total. The van der Waals surface area contributed by atoms with Gasteiger partial charge in [-0.2, -0.15) is 0 Å². The predicted octanol–water partition coefficient (Wildman–Crippen LogP) is 4.37. The van der Waals surface area contributed by atoms with Gasteiger partial charge in [-0.1, -0.05) is 66.7 Å². The van der Waals surface area contributed by atoms with Crippen molar-refractivity contribution >= 4 is 0 Å². The van der Waals surface area contributed by atoms with Gasteiger partial charge in [-0.05, 0) is 23.6 Å². The summed E-state index contributed by atoms with van der Waals surface area (Å²) in [5, 5.41) is 0. The second-order valence-electron chi connectivity index (χ2n) is 5.03. The molecule has 110 valence electrons. The molecule has 2 aromatic carbocycles. The largest absolute Gasteiger partial charge is 0.373 e. The Balaban J connectivity index is 1.61. The first-order valence-corrected chi connectivity index (χ1v) is 7.23. The molecule has 0 unspecified atom stereocenters. The van der Waals surface area contributed by atoms with Crippen LogP contribution in [0.15, 0.2) is 72.3 Å². The zero-order chi connectivity index (χ0) is 14.8. The Hall–Kier alpha value is -1.90. The van der Waals surface area contributed by atoms with Crippen LogP contribution in [-0.4, -0.2) is 13.2 Å². The predicted molar refractivity (Wildman–Crippen MR) is 86.0 cm³/mol. The Labute approximate surface area is 127 Å². The van der Waals surface area contributed by atoms with Crippen LogP contribution < -0.4 is 0 Å². The van der Waals surface area contributed by atoms with Gasteiger partial charge in [-0.25, -0.2) is 0 Å². The lowest BCUT2D eigenvalue weighted by Gasteiger charge is -2.05. The summed E-state index contributed by atoms with van der Waals surface area (Å²) < 4.78 is 11.3. The summed E-state index contributed by atoms with van der Waals surface area (Å²) in [6.07, 6.45) is 2.08. The summed E-state index contributed by atoms with van der Waals surface area (Å²) in [6, 6.07) is 20.4. The van der Waals surface area contributed by atoms with E-state index in [1.54, 1.807) is 0 Å². The van der Waals surface area contributed by atoms with Crippen LogP contribution in [0.25, 0.3) is 0 Å². The summed E-state index contributed by atoms with van der Waals surface area (Å²) in [4.78, 5) is 0. The van der Waals surface area contributed by atoms with E-state index in [0.717, 1.165) is 0 Å². The van der Waals surface area contributed by atoms with Gasteiger partial charge in [-0.15, -0.1) is 0 Å². The third-order valence-electron chi connectivity index (χ3n) is 3.10. The molecule has 0 bridgehead atoms. The maximum absolute atomic E-state index is 5.67. The Morgan fingerprint density at radius 3 is 1.90 bits per heavy atom. The smallest absolute Gasteiger partial charge is 0.0721 e. The van der Waals surface area contributed by atoms with Crippen LogP contribution in [0.3, 0.4) is 0 Å². The van der Waals surface area contributed by atoms with E-state index in [0.29, 0.717) is 26.4 Å². The molecule has 21 heavy (non-hydrogen) atoms. The van der Waals surface area contributed by atoms with E-state index in [4.69, 9.17) is 9.47 Å². The number of benzene rings is 2. The summed E-state index contributed by atoms with van der Waals surface area (Å²) in [7, 11) is 0. The molecule has 0 aliphatic heterocycles. The van der Waals surface area contributed by atoms with E-state index in [1.807, 2.05) is 36.4 Å². The van der Waals surface area contributed by atoms with Crippen molar-refractivity contribution in [1.82, 2.24) is 0 Å². The summed E-state index contributed by atoms with van der Waals surface area (Å²) >= 11 is 0. The average molecular weight is 282 g/mol. The van der Waals surface area contributed by atoms with Gasteiger partial charge in [0.2, 0.25) is 0 Å². The van der Waals surface area contributed by atoms with Gasteiger partial charge in [0.15, 0.2) is 0 Å². The number of rotatable bonds is 8. The van der Waals surface area contributed by atoms with Crippen molar-refractivity contribution in [3.05, 3.63) is 83.4 Å². The lowest BCUT2D eigenvalue weighted by atomic mass is 10.2. The van der Waals surface area contributed by atoms with E-state index in [-0.39, 0.29) is 0 Å². The van der Waals surface area contributed by atoms with Crippen LogP contribution >= 0.6 is 0 Å². The lowest BCUT2D eigenvalue weighted by molar-refractivity contribution is 0.135. The van der Waals surface area contributed by atoms with Crippen molar-refractivity contribution in [1.29, 1.82) is 0 Å². The molecule has 0 saturated carbocycles. The molecule has 0 radical (unpaired) electrons. The number of hydrogen-bond acceptors (Lipinski definition) is 2. The normalized spacial score (nSPS) is 11.6. The van der Waals surface area contributed by atoms with Gasteiger partial charge in [0.05, 0.1) is 26.4 Å². The molecule has 0 aliphatic rings. The van der Waals surface area contributed by atoms with Crippen molar-refractivity contribution in [2.45, 2.75) is 20.1 Å². The zero-order valence-electron chi connectivity index (χ0n) is 12.5. The van der Waals surface area contributed by atoms with Gasteiger partial charge in [0.1, 0.15) is 0 Å². The Bertz CT molecular complexity index is 532. The molecule has 0 heterocycles. The summed E-state index contributed by atoms with van der Waals surface area (Å²) in [5.74, 6) is 0. The van der Waals surface area contributed by atoms with Crippen LogP contribution in [0.2, 0.25) is 0 Å². The molecule has 0 fully saturated rings. The maximum atomic E-state index is 5.67. The third kappa shape index (κ3) is 6.39. The van der Waals surface area contributed by atoms with E-state index in [9.17, 15) is 0 Å². The SMILES string of the molecule is C/C(=C\COCc1ccccc1)COCc1ccccc1. The minimum absolute atomic E-state index is 0.620. The monoisotopic (exact) mass is 282 g/mol. The standard InChI is InChI=1S/C19H22O2/c1-17(14-21-16-19-10-6-3-7-11-19)12-13-20-15-18-8-4-2-5-9-18/h2-12H,13-16H2,1H3/b17-12+. The van der Waals surface area contributed by atoms with Crippen molar-refractivity contribution < 1.29 is 9.47 Å². The molecule has 0 saturated heterocycles. The Kier molecular flexibility index (Phi) is 6.72. The zero-order valence-corrected chi connectivity index (χ0v) is 12.5. The molecular weight excluding hydrogens is 260 g/mol. The molecule has 2 heteroatoms. The van der Waals surface area contributed by atoms with Crippen molar-refractivity contribution in [3.8, 4) is 0 Å². The number of ether oxygens (including phenoxy) is 2. The fourth-order valence-electron chi connectivity index (χ4n) is 1.92. The molecule has 0 spiro atoms. The van der Waals surface area contributed by atoms with Crippen LogP contribution in [0.1, 0.15) is 18.1 Å². The van der Waals surface area contributed by atoms with Gasteiger partial charge in [0, 0.05) is 0 Å². The minimum Gasteiger partial charge on any atom is -0.373 e. The van der Waals surface area contributed by atoms with Gasteiger partial charge in [0.25, 0.3) is 0 Å². The highest BCUT2D eigenvalue weighted by Crippen LogP contribution is 2.04. The first kappa shape index (κ1) is 15.5. The van der Waals surface area contributed by atoms with Crippen LogP contribution in [0.4, 0.5) is 0 Å². The highest BCUT2D eigenvalue weighted by atomic mass is 16.5. The first-order chi connectivity index (χ1) is 10.3. The molecular formula is C19H22O2. The average Bonchev–Trinajstić information content (AvgIpc) is 2.54. The molecule has 0 aromatic heterocycles. The summed E-state index contributed by atoms with van der Waals surface area (Å²) in [5.41, 5.74) is 3.59. The first-order valence-electron chi connectivity index (χ1n) is 7.23. The Morgan fingerprint density at radius 1 is 0.810 bits per heavy atom. The van der Waals surface area contributed by atoms with Crippen molar-refractivity contribution in [2.24, 2.45) is 0 Å². The van der Waals surface area contributed by atoms with Crippen molar-refractivity contribution in [3.63, 3.8) is 0 Å². The quantitative estimate of drug-likeness (QED) is 0.529. The molecule has 2 nitrogen and oxygen atoms in total. The second kappa shape index (κ2) is 9.11. The molecule has 0 atom stereocenters.